The summed E-state index contributed by atoms with van der Waals surface area (Å²) in [6.45, 7) is 9.16. The van der Waals surface area contributed by atoms with Crippen molar-refractivity contribution < 1.29 is 8.83 Å². The van der Waals surface area contributed by atoms with Crippen molar-refractivity contribution in [3.8, 4) is 0 Å². The SMILES string of the molecule is C=C(/C=C\C(=C)c1c2ccccc2c(/C2=C/C=C\C/C=C\C=C/C2)c2ccccc12)c1ccc2oc3cc4ccc5oc6ccccc6c5c4cc3c2c1. The van der Waals surface area contributed by atoms with E-state index >= 15 is 0 Å². The molecule has 54 heavy (non-hydrogen) atoms. The Balaban J connectivity index is 1.04. The van der Waals surface area contributed by atoms with Crippen molar-refractivity contribution in [2.24, 2.45) is 0 Å². The second-order valence-electron chi connectivity index (χ2n) is 14.1. The van der Waals surface area contributed by atoms with Crippen molar-refractivity contribution in [1.82, 2.24) is 0 Å². The largest absolute Gasteiger partial charge is 0.456 e. The van der Waals surface area contributed by atoms with Gasteiger partial charge in [0.05, 0.1) is 0 Å². The molecule has 10 rings (SSSR count). The lowest BCUT2D eigenvalue weighted by Crippen LogP contribution is -1.95. The van der Waals surface area contributed by atoms with Gasteiger partial charge >= 0.3 is 0 Å². The van der Waals surface area contributed by atoms with E-state index in [9.17, 15) is 0 Å². The highest BCUT2D eigenvalue weighted by molar-refractivity contribution is 6.23. The van der Waals surface area contributed by atoms with E-state index in [2.05, 4.69) is 171 Å². The standard InChI is InChI=1S/C52H36O2/c1-33(36-26-28-47-44(30-36)45-32-43-37(31-49(45)54-47)27-29-48-52(43)42-22-14-15-23-46(42)53-48)24-25-34(2)50-38-18-10-12-20-40(38)51(41-21-13-11-19-39(41)50)35-16-8-6-4-3-5-7-9-17-35/h3-4,6-15,17-32H,1-2,5,16H2/b4-3-,8-6-,9-7-,25-24-,35-17+. The topological polar surface area (TPSA) is 26.3 Å². The Labute approximate surface area is 313 Å². The second-order valence-corrected chi connectivity index (χ2v) is 14.1. The lowest BCUT2D eigenvalue weighted by molar-refractivity contribution is 0.668. The van der Waals surface area contributed by atoms with Crippen molar-refractivity contribution in [3.63, 3.8) is 0 Å². The summed E-state index contributed by atoms with van der Waals surface area (Å²) < 4.78 is 12.6. The van der Waals surface area contributed by atoms with E-state index in [1.807, 2.05) is 12.1 Å². The van der Waals surface area contributed by atoms with Crippen molar-refractivity contribution in [3.05, 3.63) is 200 Å². The predicted molar refractivity (Wildman–Crippen MR) is 232 cm³/mol. The third kappa shape index (κ3) is 5.26. The average Bonchev–Trinajstić information content (AvgIpc) is 3.77. The Morgan fingerprint density at radius 1 is 0.500 bits per heavy atom. The molecular formula is C52H36O2. The Kier molecular flexibility index (Phi) is 7.63. The van der Waals surface area contributed by atoms with Crippen molar-refractivity contribution in [2.45, 2.75) is 12.8 Å². The molecule has 0 amide bonds. The highest BCUT2D eigenvalue weighted by atomic mass is 16.3. The highest BCUT2D eigenvalue weighted by Gasteiger charge is 2.18. The first-order chi connectivity index (χ1) is 26.6. The van der Waals surface area contributed by atoms with Crippen LogP contribution in [0.25, 0.3) is 92.9 Å². The molecule has 0 bridgehead atoms. The van der Waals surface area contributed by atoms with Crippen LogP contribution in [0, 0.1) is 0 Å². The van der Waals surface area contributed by atoms with E-state index < -0.39 is 0 Å². The molecule has 0 fully saturated rings. The molecule has 1 aliphatic carbocycles. The molecule has 0 spiro atoms. The van der Waals surface area contributed by atoms with Gasteiger partial charge in [-0.3, -0.25) is 0 Å². The van der Waals surface area contributed by atoms with Gasteiger partial charge in [0.15, 0.2) is 0 Å². The maximum absolute atomic E-state index is 6.39. The first-order valence-corrected chi connectivity index (χ1v) is 18.5. The van der Waals surface area contributed by atoms with Crippen LogP contribution in [0.2, 0.25) is 0 Å². The Morgan fingerprint density at radius 3 is 1.94 bits per heavy atom. The zero-order valence-corrected chi connectivity index (χ0v) is 29.8. The van der Waals surface area contributed by atoms with Crippen LogP contribution in [-0.4, -0.2) is 0 Å². The lowest BCUT2D eigenvalue weighted by atomic mass is 9.85. The van der Waals surface area contributed by atoms with Gasteiger partial charge in [-0.15, -0.1) is 0 Å². The quantitative estimate of drug-likeness (QED) is 0.133. The normalized spacial score (nSPS) is 16.5. The summed E-state index contributed by atoms with van der Waals surface area (Å²) >= 11 is 0. The van der Waals surface area contributed by atoms with Gasteiger partial charge in [0.25, 0.3) is 0 Å². The van der Waals surface area contributed by atoms with Gasteiger partial charge in [0.1, 0.15) is 22.3 Å². The summed E-state index contributed by atoms with van der Waals surface area (Å²) in [5.41, 5.74) is 10.1. The third-order valence-electron chi connectivity index (χ3n) is 10.8. The number of para-hydroxylation sites is 1. The first kappa shape index (κ1) is 31.8. The molecule has 2 heterocycles. The molecule has 256 valence electrons. The summed E-state index contributed by atoms with van der Waals surface area (Å²) in [5.74, 6) is 0. The monoisotopic (exact) mass is 692 g/mol. The van der Waals surface area contributed by atoms with E-state index in [1.165, 1.54) is 32.7 Å². The van der Waals surface area contributed by atoms with E-state index in [0.717, 1.165) is 89.8 Å². The van der Waals surface area contributed by atoms with Crippen LogP contribution < -0.4 is 0 Å². The molecule has 2 heteroatoms. The van der Waals surface area contributed by atoms with Gasteiger partial charge < -0.3 is 8.83 Å². The van der Waals surface area contributed by atoms with Gasteiger partial charge in [-0.1, -0.05) is 147 Å². The number of allylic oxidation sites excluding steroid dienone is 12. The van der Waals surface area contributed by atoms with Crippen LogP contribution in [0.15, 0.2) is 192 Å². The fourth-order valence-electron chi connectivity index (χ4n) is 8.24. The number of furan rings is 2. The Morgan fingerprint density at radius 2 is 1.13 bits per heavy atom. The highest BCUT2D eigenvalue weighted by Crippen LogP contribution is 2.42. The molecule has 0 N–H and O–H groups in total. The van der Waals surface area contributed by atoms with E-state index in [1.54, 1.807) is 0 Å². The lowest BCUT2D eigenvalue weighted by Gasteiger charge is -2.19. The Bertz CT molecular complexity index is 3130. The van der Waals surface area contributed by atoms with Crippen LogP contribution in [0.1, 0.15) is 29.5 Å². The fourth-order valence-corrected chi connectivity index (χ4v) is 8.24. The zero-order chi connectivity index (χ0) is 36.2. The van der Waals surface area contributed by atoms with Crippen LogP contribution in [0.4, 0.5) is 0 Å². The number of hydrogen-bond acceptors (Lipinski definition) is 2. The molecule has 7 aromatic carbocycles. The molecule has 0 atom stereocenters. The fraction of sp³-hybridized carbons (Fsp3) is 0.0385. The third-order valence-corrected chi connectivity index (χ3v) is 10.8. The minimum Gasteiger partial charge on any atom is -0.456 e. The minimum atomic E-state index is 0.847. The molecule has 9 aromatic rings. The predicted octanol–water partition coefficient (Wildman–Crippen LogP) is 15.1. The molecule has 2 nitrogen and oxygen atoms in total. The molecule has 1 aliphatic rings. The summed E-state index contributed by atoms with van der Waals surface area (Å²) in [4.78, 5) is 0. The van der Waals surface area contributed by atoms with Crippen molar-refractivity contribution >= 4 is 92.9 Å². The zero-order valence-electron chi connectivity index (χ0n) is 29.8. The maximum Gasteiger partial charge on any atom is 0.136 e. The summed E-state index contributed by atoms with van der Waals surface area (Å²) in [6.07, 6.45) is 21.4. The summed E-state index contributed by atoms with van der Waals surface area (Å²) in [6, 6.07) is 40.6. The Hall–Kier alpha value is -6.90. The molecule has 0 saturated heterocycles. The minimum absolute atomic E-state index is 0.847. The smallest absolute Gasteiger partial charge is 0.136 e. The van der Waals surface area contributed by atoms with Gasteiger partial charge in [-0.25, -0.2) is 0 Å². The van der Waals surface area contributed by atoms with Crippen LogP contribution in [0.3, 0.4) is 0 Å². The van der Waals surface area contributed by atoms with E-state index in [-0.39, 0.29) is 0 Å². The van der Waals surface area contributed by atoms with Gasteiger partial charge in [0.2, 0.25) is 0 Å². The van der Waals surface area contributed by atoms with Crippen LogP contribution >= 0.6 is 0 Å². The number of hydrogen-bond donors (Lipinski definition) is 0. The first-order valence-electron chi connectivity index (χ1n) is 18.5. The number of rotatable bonds is 5. The molecule has 2 aromatic heterocycles. The second kappa shape index (κ2) is 12.9. The summed E-state index contributed by atoms with van der Waals surface area (Å²) in [7, 11) is 0. The molecule has 0 radical (unpaired) electrons. The number of benzene rings is 7. The molecule has 0 unspecified atom stereocenters. The molecule has 0 saturated carbocycles. The van der Waals surface area contributed by atoms with Gasteiger partial charge in [-0.05, 0) is 115 Å². The summed E-state index contributed by atoms with van der Waals surface area (Å²) in [5, 5.41) is 11.5. The molecular weight excluding hydrogens is 657 g/mol. The average molecular weight is 693 g/mol. The van der Waals surface area contributed by atoms with Crippen LogP contribution in [0.5, 0.6) is 0 Å². The van der Waals surface area contributed by atoms with Crippen LogP contribution in [-0.2, 0) is 0 Å². The molecule has 0 aliphatic heterocycles. The van der Waals surface area contributed by atoms with Gasteiger partial charge in [-0.2, -0.15) is 0 Å². The number of fused-ring (bicyclic) bond motifs is 10. The maximum atomic E-state index is 6.39. The van der Waals surface area contributed by atoms with Crippen molar-refractivity contribution in [1.29, 1.82) is 0 Å². The van der Waals surface area contributed by atoms with Crippen molar-refractivity contribution in [2.75, 3.05) is 0 Å². The van der Waals surface area contributed by atoms with E-state index in [4.69, 9.17) is 8.83 Å². The van der Waals surface area contributed by atoms with Gasteiger partial charge in [0, 0.05) is 21.5 Å². The van der Waals surface area contributed by atoms with E-state index in [0.29, 0.717) is 0 Å².